The van der Waals surface area contributed by atoms with Crippen molar-refractivity contribution in [3.05, 3.63) is 47.5 Å². The van der Waals surface area contributed by atoms with Crippen LogP contribution in [0.2, 0.25) is 5.15 Å². The average molecular weight is 275 g/mol. The predicted molar refractivity (Wildman–Crippen MR) is 72.4 cm³/mol. The molecule has 0 aliphatic carbocycles. The van der Waals surface area contributed by atoms with Crippen LogP contribution in [0.15, 0.2) is 36.5 Å². The van der Waals surface area contributed by atoms with Crippen LogP contribution in [0.1, 0.15) is 5.82 Å². The molecule has 0 aliphatic heterocycles. The minimum Gasteiger partial charge on any atom is -0.377 e. The first-order chi connectivity index (χ1) is 9.28. The molecule has 3 aromatic rings. The summed E-state index contributed by atoms with van der Waals surface area (Å²) in [6, 6.07) is 9.59. The third-order valence-corrected chi connectivity index (χ3v) is 2.89. The van der Waals surface area contributed by atoms with Gasteiger partial charge < -0.3 is 4.74 Å². The minimum absolute atomic E-state index is 0.312. The second kappa shape index (κ2) is 4.95. The van der Waals surface area contributed by atoms with Gasteiger partial charge in [-0.05, 0) is 6.07 Å². The standard InChI is InChI=1S/C13H11ClN4O/c1-19-8-12-16-11(14)6-13(17-12)18-10-5-3-2-4-9(10)7-15-18/h2-7H,8H2,1H3. The van der Waals surface area contributed by atoms with Crippen LogP contribution in [-0.4, -0.2) is 26.9 Å². The van der Waals surface area contributed by atoms with E-state index in [1.165, 1.54) is 0 Å². The van der Waals surface area contributed by atoms with E-state index >= 15 is 0 Å². The molecule has 0 unspecified atom stereocenters. The molecule has 19 heavy (non-hydrogen) atoms. The van der Waals surface area contributed by atoms with Gasteiger partial charge in [0.1, 0.15) is 11.8 Å². The number of benzene rings is 1. The van der Waals surface area contributed by atoms with Crippen molar-refractivity contribution in [2.24, 2.45) is 0 Å². The van der Waals surface area contributed by atoms with Gasteiger partial charge in [-0.25, -0.2) is 14.6 Å². The largest absolute Gasteiger partial charge is 0.377 e. The molecule has 0 aliphatic rings. The molecule has 0 saturated heterocycles. The number of nitrogens with zero attached hydrogens (tertiary/aromatic N) is 4. The fraction of sp³-hybridized carbons (Fsp3) is 0.154. The fourth-order valence-corrected chi connectivity index (χ4v) is 2.10. The molecule has 0 radical (unpaired) electrons. The molecule has 0 spiro atoms. The van der Waals surface area contributed by atoms with Gasteiger partial charge in [-0.15, -0.1) is 0 Å². The molecule has 1 aromatic carbocycles. The van der Waals surface area contributed by atoms with Gasteiger partial charge in [0.15, 0.2) is 11.6 Å². The number of halogens is 1. The zero-order valence-corrected chi connectivity index (χ0v) is 11.0. The zero-order chi connectivity index (χ0) is 13.2. The van der Waals surface area contributed by atoms with Gasteiger partial charge in [0.05, 0.1) is 11.7 Å². The highest BCUT2D eigenvalue weighted by Gasteiger charge is 2.09. The first-order valence-electron chi connectivity index (χ1n) is 5.73. The van der Waals surface area contributed by atoms with E-state index < -0.39 is 0 Å². The van der Waals surface area contributed by atoms with E-state index in [0.717, 1.165) is 10.9 Å². The number of hydrogen-bond donors (Lipinski definition) is 0. The molecule has 2 heterocycles. The highest BCUT2D eigenvalue weighted by molar-refractivity contribution is 6.29. The Morgan fingerprint density at radius 1 is 1.26 bits per heavy atom. The van der Waals surface area contributed by atoms with Crippen molar-refractivity contribution < 1.29 is 4.74 Å². The van der Waals surface area contributed by atoms with Crippen molar-refractivity contribution in [1.29, 1.82) is 0 Å². The number of ether oxygens (including phenoxy) is 1. The summed E-state index contributed by atoms with van der Waals surface area (Å²) >= 11 is 6.01. The van der Waals surface area contributed by atoms with Crippen LogP contribution in [0.4, 0.5) is 0 Å². The highest BCUT2D eigenvalue weighted by Crippen LogP contribution is 2.18. The summed E-state index contributed by atoms with van der Waals surface area (Å²) in [5.74, 6) is 1.16. The van der Waals surface area contributed by atoms with Gasteiger partial charge >= 0.3 is 0 Å². The lowest BCUT2D eigenvalue weighted by Gasteiger charge is -2.05. The molecule has 2 aromatic heterocycles. The number of rotatable bonds is 3. The maximum Gasteiger partial charge on any atom is 0.159 e. The zero-order valence-electron chi connectivity index (χ0n) is 10.2. The lowest BCUT2D eigenvalue weighted by atomic mass is 10.2. The van der Waals surface area contributed by atoms with E-state index in [0.29, 0.717) is 23.4 Å². The smallest absolute Gasteiger partial charge is 0.159 e. The van der Waals surface area contributed by atoms with E-state index in [1.54, 1.807) is 24.1 Å². The summed E-state index contributed by atoms with van der Waals surface area (Å²) in [5, 5.41) is 5.75. The van der Waals surface area contributed by atoms with Crippen LogP contribution in [0, 0.1) is 0 Å². The van der Waals surface area contributed by atoms with Crippen molar-refractivity contribution >= 4 is 22.5 Å². The molecule has 0 saturated carbocycles. The maximum absolute atomic E-state index is 6.01. The summed E-state index contributed by atoms with van der Waals surface area (Å²) in [6.45, 7) is 0.312. The van der Waals surface area contributed by atoms with Crippen molar-refractivity contribution in [2.45, 2.75) is 6.61 Å². The van der Waals surface area contributed by atoms with Crippen molar-refractivity contribution in [1.82, 2.24) is 19.7 Å². The normalized spacial score (nSPS) is 11.1. The molecule has 0 N–H and O–H groups in total. The SMILES string of the molecule is COCc1nc(Cl)cc(-n2ncc3ccccc32)n1. The Kier molecular flexibility index (Phi) is 3.15. The number of aromatic nitrogens is 4. The summed E-state index contributed by atoms with van der Waals surface area (Å²) in [4.78, 5) is 8.50. The second-order valence-electron chi connectivity index (χ2n) is 4.01. The van der Waals surface area contributed by atoms with E-state index in [2.05, 4.69) is 15.1 Å². The Labute approximate surface area is 114 Å². The average Bonchev–Trinajstić information content (AvgIpc) is 2.82. The van der Waals surface area contributed by atoms with Gasteiger partial charge in [0, 0.05) is 18.6 Å². The van der Waals surface area contributed by atoms with Crippen molar-refractivity contribution in [3.63, 3.8) is 0 Å². The quantitative estimate of drug-likeness (QED) is 0.689. The Hall–Kier alpha value is -1.98. The van der Waals surface area contributed by atoms with Gasteiger partial charge in [0.25, 0.3) is 0 Å². The molecule has 6 heteroatoms. The molecule has 5 nitrogen and oxygen atoms in total. The molecule has 0 amide bonds. The number of para-hydroxylation sites is 1. The van der Waals surface area contributed by atoms with Gasteiger partial charge in [-0.2, -0.15) is 5.10 Å². The molecule has 96 valence electrons. The van der Waals surface area contributed by atoms with Crippen LogP contribution in [0.25, 0.3) is 16.7 Å². The van der Waals surface area contributed by atoms with Crippen LogP contribution in [0.5, 0.6) is 0 Å². The Bertz CT molecular complexity index is 725. The number of methoxy groups -OCH3 is 1. The number of fused-ring (bicyclic) bond motifs is 1. The van der Waals surface area contributed by atoms with Crippen molar-refractivity contribution in [2.75, 3.05) is 7.11 Å². The summed E-state index contributed by atoms with van der Waals surface area (Å²) < 4.78 is 6.77. The summed E-state index contributed by atoms with van der Waals surface area (Å²) in [5.41, 5.74) is 0.973. The van der Waals surface area contributed by atoms with Crippen LogP contribution >= 0.6 is 11.6 Å². The molecular formula is C13H11ClN4O. The Morgan fingerprint density at radius 2 is 2.11 bits per heavy atom. The fourth-order valence-electron chi connectivity index (χ4n) is 1.91. The molecular weight excluding hydrogens is 264 g/mol. The molecule has 0 bridgehead atoms. The van der Waals surface area contributed by atoms with Gasteiger partial charge in [0.2, 0.25) is 0 Å². The van der Waals surface area contributed by atoms with Crippen LogP contribution in [-0.2, 0) is 11.3 Å². The third-order valence-electron chi connectivity index (χ3n) is 2.70. The molecule has 3 rings (SSSR count). The second-order valence-corrected chi connectivity index (χ2v) is 4.40. The highest BCUT2D eigenvalue weighted by atomic mass is 35.5. The minimum atomic E-state index is 0.312. The van der Waals surface area contributed by atoms with Gasteiger partial charge in [-0.3, -0.25) is 0 Å². The molecule has 0 atom stereocenters. The monoisotopic (exact) mass is 274 g/mol. The van der Waals surface area contributed by atoms with E-state index in [1.807, 2.05) is 24.3 Å². The Balaban J connectivity index is 2.15. The topological polar surface area (TPSA) is 52.8 Å². The lowest BCUT2D eigenvalue weighted by Crippen LogP contribution is -2.05. The van der Waals surface area contributed by atoms with E-state index in [4.69, 9.17) is 16.3 Å². The molecule has 0 fully saturated rings. The van der Waals surface area contributed by atoms with Crippen LogP contribution in [0.3, 0.4) is 0 Å². The van der Waals surface area contributed by atoms with E-state index in [9.17, 15) is 0 Å². The maximum atomic E-state index is 6.01. The first kappa shape index (κ1) is 12.1. The van der Waals surface area contributed by atoms with Crippen LogP contribution < -0.4 is 0 Å². The van der Waals surface area contributed by atoms with Gasteiger partial charge in [-0.1, -0.05) is 29.8 Å². The van der Waals surface area contributed by atoms with Crippen molar-refractivity contribution in [3.8, 4) is 5.82 Å². The Morgan fingerprint density at radius 3 is 2.95 bits per heavy atom. The lowest BCUT2D eigenvalue weighted by molar-refractivity contribution is 0.177. The third kappa shape index (κ3) is 2.30. The van der Waals surface area contributed by atoms with E-state index in [-0.39, 0.29) is 0 Å². The predicted octanol–water partition coefficient (Wildman–Crippen LogP) is 2.62. The summed E-state index contributed by atoms with van der Waals surface area (Å²) in [7, 11) is 1.59. The number of hydrogen-bond acceptors (Lipinski definition) is 4. The summed E-state index contributed by atoms with van der Waals surface area (Å²) in [6.07, 6.45) is 1.79. The first-order valence-corrected chi connectivity index (χ1v) is 6.11.